The van der Waals surface area contributed by atoms with Gasteiger partial charge in [-0.3, -0.25) is 19.9 Å². The second-order valence-corrected chi connectivity index (χ2v) is 5.97. The van der Waals surface area contributed by atoms with Crippen LogP contribution in [-0.4, -0.2) is 36.5 Å². The van der Waals surface area contributed by atoms with Crippen molar-refractivity contribution in [1.29, 1.82) is 0 Å². The minimum Gasteiger partial charge on any atom is -0.497 e. The fourth-order valence-electron chi connectivity index (χ4n) is 2.58. The smallest absolute Gasteiger partial charge is 0.331 e. The van der Waals surface area contributed by atoms with E-state index in [1.165, 1.54) is 25.3 Å². The van der Waals surface area contributed by atoms with E-state index in [4.69, 9.17) is 9.47 Å². The first-order valence-electron chi connectivity index (χ1n) is 8.73. The minimum absolute atomic E-state index is 0.286. The van der Waals surface area contributed by atoms with Crippen molar-refractivity contribution in [3.8, 4) is 5.75 Å². The van der Waals surface area contributed by atoms with Gasteiger partial charge in [0, 0.05) is 28.8 Å². The second-order valence-electron chi connectivity index (χ2n) is 5.97. The van der Waals surface area contributed by atoms with Gasteiger partial charge in [-0.2, -0.15) is 0 Å². The molecule has 1 heterocycles. The molecule has 146 valence electrons. The van der Waals surface area contributed by atoms with Crippen molar-refractivity contribution in [2.75, 3.05) is 13.7 Å². The summed E-state index contributed by atoms with van der Waals surface area (Å²) in [5, 5.41) is 3.10. The van der Waals surface area contributed by atoms with E-state index in [2.05, 4.69) is 10.3 Å². The van der Waals surface area contributed by atoms with Crippen LogP contribution in [0.25, 0.3) is 17.0 Å². The van der Waals surface area contributed by atoms with Crippen molar-refractivity contribution < 1.29 is 23.9 Å². The molecular weight excluding hydrogens is 372 g/mol. The fraction of sp³-hybridized carbons (Fsp3) is 0.0909. The summed E-state index contributed by atoms with van der Waals surface area (Å²) in [6.07, 6.45) is 4.45. The van der Waals surface area contributed by atoms with Gasteiger partial charge in [0.25, 0.3) is 11.8 Å². The number of para-hydroxylation sites is 1. The Morgan fingerprint density at radius 2 is 1.79 bits per heavy atom. The summed E-state index contributed by atoms with van der Waals surface area (Å²) in [6, 6.07) is 15.6. The van der Waals surface area contributed by atoms with Gasteiger partial charge < -0.3 is 9.47 Å². The van der Waals surface area contributed by atoms with Crippen molar-refractivity contribution in [3.05, 3.63) is 78.0 Å². The first kappa shape index (κ1) is 19.8. The van der Waals surface area contributed by atoms with Crippen molar-refractivity contribution in [3.63, 3.8) is 0 Å². The molecule has 0 fully saturated rings. The Morgan fingerprint density at radius 3 is 2.55 bits per heavy atom. The van der Waals surface area contributed by atoms with Crippen LogP contribution in [0.15, 0.2) is 66.9 Å². The summed E-state index contributed by atoms with van der Waals surface area (Å²) in [5.41, 5.74) is 1.79. The van der Waals surface area contributed by atoms with E-state index in [1.807, 2.05) is 30.3 Å². The van der Waals surface area contributed by atoms with Gasteiger partial charge in [0.15, 0.2) is 6.61 Å². The predicted octanol–water partition coefficient (Wildman–Crippen LogP) is 2.76. The molecule has 0 aliphatic carbocycles. The van der Waals surface area contributed by atoms with E-state index in [0.717, 1.165) is 16.5 Å². The number of benzene rings is 2. The highest BCUT2D eigenvalue weighted by molar-refractivity contribution is 6.05. The molecule has 2 amide bonds. The minimum atomic E-state index is -0.723. The number of esters is 1. The number of rotatable bonds is 6. The fourth-order valence-corrected chi connectivity index (χ4v) is 2.58. The van der Waals surface area contributed by atoms with Gasteiger partial charge in [0.2, 0.25) is 0 Å². The third-order valence-corrected chi connectivity index (χ3v) is 4.01. The number of aromatic nitrogens is 1. The number of ether oxygens (including phenoxy) is 2. The van der Waals surface area contributed by atoms with Crippen LogP contribution in [0.3, 0.4) is 0 Å². The molecule has 0 spiro atoms. The van der Waals surface area contributed by atoms with Crippen LogP contribution in [0, 0.1) is 0 Å². The third kappa shape index (κ3) is 5.26. The number of nitrogens with one attached hydrogen (secondary N) is 1. The molecule has 3 rings (SSSR count). The molecule has 0 unspecified atom stereocenters. The number of amides is 2. The molecule has 29 heavy (non-hydrogen) atoms. The van der Waals surface area contributed by atoms with Gasteiger partial charge >= 0.3 is 5.97 Å². The second kappa shape index (κ2) is 9.27. The molecule has 0 aliphatic rings. The predicted molar refractivity (Wildman–Crippen MR) is 107 cm³/mol. The highest BCUT2D eigenvalue weighted by Crippen LogP contribution is 2.17. The first-order valence-corrected chi connectivity index (χ1v) is 8.73. The van der Waals surface area contributed by atoms with Crippen LogP contribution in [0.4, 0.5) is 0 Å². The van der Waals surface area contributed by atoms with E-state index >= 15 is 0 Å². The molecule has 1 aromatic heterocycles. The van der Waals surface area contributed by atoms with Crippen LogP contribution >= 0.6 is 0 Å². The van der Waals surface area contributed by atoms with Crippen LogP contribution in [0.2, 0.25) is 0 Å². The quantitative estimate of drug-likeness (QED) is 0.514. The normalized spacial score (nSPS) is 10.7. The van der Waals surface area contributed by atoms with Crippen molar-refractivity contribution in [2.24, 2.45) is 0 Å². The van der Waals surface area contributed by atoms with E-state index in [9.17, 15) is 14.4 Å². The number of imide groups is 1. The SMILES string of the molecule is COc1ccc(C(=O)NC(=O)COC(=O)/C=C/c2cccc3cccnc23)cc1. The molecule has 0 saturated heterocycles. The van der Waals surface area contributed by atoms with Crippen molar-refractivity contribution in [1.82, 2.24) is 10.3 Å². The van der Waals surface area contributed by atoms with Gasteiger partial charge in [0.05, 0.1) is 12.6 Å². The van der Waals surface area contributed by atoms with Gasteiger partial charge in [-0.1, -0.05) is 24.3 Å². The summed E-state index contributed by atoms with van der Waals surface area (Å²) < 4.78 is 9.89. The number of hydrogen-bond donors (Lipinski definition) is 1. The number of hydrogen-bond acceptors (Lipinski definition) is 6. The molecule has 0 bridgehead atoms. The summed E-state index contributed by atoms with van der Waals surface area (Å²) in [7, 11) is 1.51. The number of methoxy groups -OCH3 is 1. The van der Waals surface area contributed by atoms with Crippen LogP contribution in [0.5, 0.6) is 5.75 Å². The molecule has 1 N–H and O–H groups in total. The number of pyridine rings is 1. The maximum absolute atomic E-state index is 12.0. The van der Waals surface area contributed by atoms with E-state index in [-0.39, 0.29) is 5.56 Å². The molecule has 0 aliphatic heterocycles. The standard InChI is InChI=1S/C22H18N2O5/c1-28-18-10-7-17(8-11-18)22(27)24-19(25)14-29-20(26)12-9-16-5-2-4-15-6-3-13-23-21(15)16/h2-13H,14H2,1H3,(H,24,25,27)/b12-9+. The zero-order chi connectivity index (χ0) is 20.6. The Labute approximate surface area is 167 Å². The van der Waals surface area contributed by atoms with Crippen LogP contribution < -0.4 is 10.1 Å². The summed E-state index contributed by atoms with van der Waals surface area (Å²) >= 11 is 0. The molecule has 7 heteroatoms. The highest BCUT2D eigenvalue weighted by Gasteiger charge is 2.12. The van der Waals surface area contributed by atoms with Crippen LogP contribution in [-0.2, 0) is 14.3 Å². The largest absolute Gasteiger partial charge is 0.497 e. The molecule has 2 aromatic carbocycles. The zero-order valence-corrected chi connectivity index (χ0v) is 15.6. The van der Waals surface area contributed by atoms with E-state index in [0.29, 0.717) is 5.75 Å². The maximum Gasteiger partial charge on any atom is 0.331 e. The average Bonchev–Trinajstić information content (AvgIpc) is 2.76. The molecule has 0 atom stereocenters. The summed E-state index contributed by atoms with van der Waals surface area (Å²) in [5.74, 6) is -1.43. The number of carbonyl (C=O) groups excluding carboxylic acids is 3. The Morgan fingerprint density at radius 1 is 1.03 bits per heavy atom. The third-order valence-electron chi connectivity index (χ3n) is 4.01. The maximum atomic E-state index is 12.0. The Kier molecular flexibility index (Phi) is 6.32. The van der Waals surface area contributed by atoms with Gasteiger partial charge in [0.1, 0.15) is 5.75 Å². The van der Waals surface area contributed by atoms with Crippen LogP contribution in [0.1, 0.15) is 15.9 Å². The molecule has 3 aromatic rings. The average molecular weight is 390 g/mol. The monoisotopic (exact) mass is 390 g/mol. The zero-order valence-electron chi connectivity index (χ0n) is 15.6. The van der Waals surface area contributed by atoms with Crippen molar-refractivity contribution >= 4 is 34.8 Å². The lowest BCUT2D eigenvalue weighted by Crippen LogP contribution is -2.34. The molecular formula is C22H18N2O5. The number of carbonyl (C=O) groups is 3. The Hall–Kier alpha value is -4.00. The summed E-state index contributed by atoms with van der Waals surface area (Å²) in [6.45, 7) is -0.571. The van der Waals surface area contributed by atoms with Gasteiger partial charge in [-0.15, -0.1) is 0 Å². The molecule has 7 nitrogen and oxygen atoms in total. The lowest BCUT2D eigenvalue weighted by Gasteiger charge is -2.05. The summed E-state index contributed by atoms with van der Waals surface area (Å²) in [4.78, 5) is 40.0. The Bertz CT molecular complexity index is 1070. The first-order chi connectivity index (χ1) is 14.1. The van der Waals surface area contributed by atoms with Gasteiger partial charge in [-0.25, -0.2) is 4.79 Å². The lowest BCUT2D eigenvalue weighted by atomic mass is 10.1. The lowest BCUT2D eigenvalue weighted by molar-refractivity contribution is -0.143. The Balaban J connectivity index is 1.52. The van der Waals surface area contributed by atoms with E-state index in [1.54, 1.807) is 24.4 Å². The van der Waals surface area contributed by atoms with Gasteiger partial charge in [-0.05, 0) is 36.4 Å². The topological polar surface area (TPSA) is 94.6 Å². The molecule has 0 radical (unpaired) electrons. The highest BCUT2D eigenvalue weighted by atomic mass is 16.5. The number of nitrogens with zero attached hydrogens (tertiary/aromatic N) is 1. The van der Waals surface area contributed by atoms with E-state index < -0.39 is 24.4 Å². The molecule has 0 saturated carbocycles. The number of fused-ring (bicyclic) bond motifs is 1. The van der Waals surface area contributed by atoms with Crippen molar-refractivity contribution in [2.45, 2.75) is 0 Å².